The van der Waals surface area contributed by atoms with E-state index in [1.54, 1.807) is 25.0 Å². The summed E-state index contributed by atoms with van der Waals surface area (Å²) in [6.07, 6.45) is 1.88. The number of aliphatic hydroxyl groups is 1. The molecule has 0 aromatic carbocycles. The number of hydrogen-bond acceptors (Lipinski definition) is 5. The van der Waals surface area contributed by atoms with E-state index in [9.17, 15) is 5.11 Å². The van der Waals surface area contributed by atoms with Gasteiger partial charge in [-0.3, -0.25) is 4.68 Å². The third-order valence-corrected chi connectivity index (χ3v) is 1.99. The normalized spacial score (nSPS) is 12.7. The zero-order valence-electron chi connectivity index (χ0n) is 9.10. The molecule has 0 fully saturated rings. The number of nitrogens with two attached hydrogens (primary N) is 1. The topological polar surface area (TPSA) is 85.3 Å². The van der Waals surface area contributed by atoms with E-state index in [0.29, 0.717) is 31.1 Å². The summed E-state index contributed by atoms with van der Waals surface area (Å²) >= 11 is 0. The Kier molecular flexibility index (Phi) is 4.38. The van der Waals surface area contributed by atoms with Crippen molar-refractivity contribution in [1.82, 2.24) is 9.78 Å². The molecule has 1 aromatic heterocycles. The monoisotopic (exact) mass is 214 g/mol. The van der Waals surface area contributed by atoms with Crippen LogP contribution in [0.4, 0.5) is 11.5 Å². The van der Waals surface area contributed by atoms with Gasteiger partial charge in [-0.2, -0.15) is 5.10 Å². The Morgan fingerprint density at radius 3 is 3.00 bits per heavy atom. The largest absolute Gasteiger partial charge is 0.394 e. The predicted molar refractivity (Wildman–Crippen MR) is 58.6 cm³/mol. The lowest BCUT2D eigenvalue weighted by Crippen LogP contribution is -2.18. The minimum Gasteiger partial charge on any atom is -0.394 e. The average Bonchev–Trinajstić information content (AvgIpc) is 2.46. The molecule has 0 radical (unpaired) electrons. The number of rotatable bonds is 6. The Labute approximate surface area is 89.0 Å². The number of aliphatic hydroxyl groups excluding tert-OH is 1. The fraction of sp³-hybridized carbons (Fsp3) is 0.667. The van der Waals surface area contributed by atoms with Gasteiger partial charge in [0, 0.05) is 26.9 Å². The third-order valence-electron chi connectivity index (χ3n) is 1.99. The van der Waals surface area contributed by atoms with Crippen molar-refractivity contribution < 1.29 is 9.84 Å². The maximum absolute atomic E-state index is 9.38. The van der Waals surface area contributed by atoms with Crippen molar-refractivity contribution in [2.45, 2.75) is 12.5 Å². The van der Waals surface area contributed by atoms with Gasteiger partial charge in [0.25, 0.3) is 0 Å². The molecule has 0 saturated heterocycles. The molecule has 1 aromatic rings. The summed E-state index contributed by atoms with van der Waals surface area (Å²) in [6.45, 7) is 0.963. The van der Waals surface area contributed by atoms with Crippen LogP contribution in [-0.4, -0.2) is 41.3 Å². The van der Waals surface area contributed by atoms with Crippen LogP contribution in [-0.2, 0) is 11.8 Å². The number of ether oxygens (including phenoxy) is 1. The number of aromatic nitrogens is 2. The highest BCUT2D eigenvalue weighted by atomic mass is 16.5. The molecule has 1 heterocycles. The summed E-state index contributed by atoms with van der Waals surface area (Å²) in [5.74, 6) is 0.655. The smallest absolute Gasteiger partial charge is 0.171 e. The highest BCUT2D eigenvalue weighted by molar-refractivity contribution is 5.59. The summed E-state index contributed by atoms with van der Waals surface area (Å²) in [5.41, 5.74) is 6.29. The fourth-order valence-electron chi connectivity index (χ4n) is 1.28. The van der Waals surface area contributed by atoms with E-state index >= 15 is 0 Å². The summed E-state index contributed by atoms with van der Waals surface area (Å²) in [4.78, 5) is 0. The molecule has 0 spiro atoms. The van der Waals surface area contributed by atoms with Crippen molar-refractivity contribution in [3.63, 3.8) is 0 Å². The van der Waals surface area contributed by atoms with Crippen LogP contribution < -0.4 is 11.1 Å². The number of nitrogens with one attached hydrogen (secondary N) is 1. The zero-order valence-corrected chi connectivity index (χ0v) is 9.10. The lowest BCUT2D eigenvalue weighted by atomic mass is 10.2. The molecule has 4 N–H and O–H groups in total. The summed E-state index contributed by atoms with van der Waals surface area (Å²) in [7, 11) is 3.37. The van der Waals surface area contributed by atoms with Gasteiger partial charge >= 0.3 is 0 Å². The Bertz CT molecular complexity index is 300. The maximum atomic E-state index is 9.38. The summed E-state index contributed by atoms with van der Waals surface area (Å²) in [6, 6.07) is 0. The average molecular weight is 214 g/mol. The second kappa shape index (κ2) is 5.57. The van der Waals surface area contributed by atoms with Gasteiger partial charge in [-0.1, -0.05) is 0 Å². The molecule has 1 unspecified atom stereocenters. The maximum Gasteiger partial charge on any atom is 0.171 e. The Balaban J connectivity index is 2.28. The number of methoxy groups -OCH3 is 1. The first-order valence-corrected chi connectivity index (χ1v) is 4.83. The number of aryl methyl sites for hydroxylation is 1. The van der Waals surface area contributed by atoms with E-state index in [2.05, 4.69) is 10.4 Å². The molecular formula is C9H18N4O2. The van der Waals surface area contributed by atoms with Gasteiger partial charge in [-0.05, 0) is 6.42 Å². The predicted octanol–water partition coefficient (Wildman–Crippen LogP) is -0.188. The standard InChI is InChI=1S/C9H18N4O2/c1-13-5-8(10)9(12-13)11-4-3-7(14)6-15-2/h5,7,14H,3-4,6,10H2,1-2H3,(H,11,12). The molecule has 0 aliphatic carbocycles. The molecule has 86 valence electrons. The first-order chi connectivity index (χ1) is 7.13. The highest BCUT2D eigenvalue weighted by Gasteiger charge is 2.05. The van der Waals surface area contributed by atoms with E-state index in [4.69, 9.17) is 10.5 Å². The molecule has 1 rings (SSSR count). The molecule has 0 bridgehead atoms. The number of nitrogens with zero attached hydrogens (tertiary/aromatic N) is 2. The van der Waals surface area contributed by atoms with Gasteiger partial charge in [0.05, 0.1) is 18.4 Å². The van der Waals surface area contributed by atoms with Crippen LogP contribution in [0.3, 0.4) is 0 Å². The van der Waals surface area contributed by atoms with Gasteiger partial charge in [0.2, 0.25) is 0 Å². The minimum absolute atomic E-state index is 0.347. The van der Waals surface area contributed by atoms with E-state index < -0.39 is 6.10 Å². The molecular weight excluding hydrogens is 196 g/mol. The van der Waals surface area contributed by atoms with Crippen LogP contribution in [0.5, 0.6) is 0 Å². The third kappa shape index (κ3) is 3.77. The number of anilines is 2. The Hall–Kier alpha value is -1.27. The second-order valence-corrected chi connectivity index (χ2v) is 3.43. The fourth-order valence-corrected chi connectivity index (χ4v) is 1.28. The van der Waals surface area contributed by atoms with Gasteiger partial charge in [0.15, 0.2) is 5.82 Å². The molecule has 1 atom stereocenters. The number of nitrogen functional groups attached to an aromatic ring is 1. The Morgan fingerprint density at radius 1 is 1.73 bits per heavy atom. The van der Waals surface area contributed by atoms with Crippen molar-refractivity contribution >= 4 is 11.5 Å². The van der Waals surface area contributed by atoms with Crippen LogP contribution >= 0.6 is 0 Å². The van der Waals surface area contributed by atoms with Crippen molar-refractivity contribution in [3.8, 4) is 0 Å². The van der Waals surface area contributed by atoms with Crippen LogP contribution in [0.25, 0.3) is 0 Å². The molecule has 0 amide bonds. The van der Waals surface area contributed by atoms with Gasteiger partial charge < -0.3 is 20.9 Å². The molecule has 6 nitrogen and oxygen atoms in total. The molecule has 0 saturated carbocycles. The van der Waals surface area contributed by atoms with Crippen LogP contribution in [0.15, 0.2) is 6.20 Å². The summed E-state index contributed by atoms with van der Waals surface area (Å²) < 4.78 is 6.45. The van der Waals surface area contributed by atoms with Crippen molar-refractivity contribution in [2.75, 3.05) is 31.3 Å². The van der Waals surface area contributed by atoms with Gasteiger partial charge in [-0.25, -0.2) is 0 Å². The van der Waals surface area contributed by atoms with Crippen LogP contribution in [0, 0.1) is 0 Å². The molecule has 0 aliphatic heterocycles. The van der Waals surface area contributed by atoms with E-state index in [0.717, 1.165) is 0 Å². The van der Waals surface area contributed by atoms with E-state index in [1.165, 1.54) is 0 Å². The van der Waals surface area contributed by atoms with Gasteiger partial charge in [-0.15, -0.1) is 0 Å². The first-order valence-electron chi connectivity index (χ1n) is 4.83. The quantitative estimate of drug-likeness (QED) is 0.611. The van der Waals surface area contributed by atoms with E-state index in [-0.39, 0.29) is 0 Å². The van der Waals surface area contributed by atoms with Crippen LogP contribution in [0.2, 0.25) is 0 Å². The molecule has 6 heteroatoms. The summed E-state index contributed by atoms with van der Waals surface area (Å²) in [5, 5.41) is 16.6. The lowest BCUT2D eigenvalue weighted by Gasteiger charge is -2.09. The van der Waals surface area contributed by atoms with Crippen LogP contribution in [0.1, 0.15) is 6.42 Å². The SMILES string of the molecule is COCC(O)CCNc1nn(C)cc1N. The van der Waals surface area contributed by atoms with Gasteiger partial charge in [0.1, 0.15) is 0 Å². The number of hydrogen-bond donors (Lipinski definition) is 3. The van der Waals surface area contributed by atoms with Crippen molar-refractivity contribution in [1.29, 1.82) is 0 Å². The lowest BCUT2D eigenvalue weighted by molar-refractivity contribution is 0.0615. The van der Waals surface area contributed by atoms with E-state index in [1.807, 2.05) is 0 Å². The van der Waals surface area contributed by atoms with Crippen molar-refractivity contribution in [2.24, 2.45) is 7.05 Å². The minimum atomic E-state index is -0.451. The molecule has 0 aliphatic rings. The molecule has 15 heavy (non-hydrogen) atoms. The highest BCUT2D eigenvalue weighted by Crippen LogP contribution is 2.13. The second-order valence-electron chi connectivity index (χ2n) is 3.43. The first kappa shape index (κ1) is 11.8. The Morgan fingerprint density at radius 2 is 2.47 bits per heavy atom. The van der Waals surface area contributed by atoms with Crippen molar-refractivity contribution in [3.05, 3.63) is 6.20 Å². The zero-order chi connectivity index (χ0) is 11.3.